The summed E-state index contributed by atoms with van der Waals surface area (Å²) in [7, 11) is -3.53. The highest BCUT2D eigenvalue weighted by Gasteiger charge is 2.28. The normalized spacial score (nSPS) is 15.6. The van der Waals surface area contributed by atoms with Gasteiger partial charge in [0, 0.05) is 45.1 Å². The summed E-state index contributed by atoms with van der Waals surface area (Å²) in [4.78, 5) is 6.58. The van der Waals surface area contributed by atoms with E-state index in [0.29, 0.717) is 31.7 Å². The molecule has 0 aliphatic carbocycles. The van der Waals surface area contributed by atoms with Gasteiger partial charge < -0.3 is 0 Å². The largest absolute Gasteiger partial charge is 0.296 e. The molecule has 6 nitrogen and oxygen atoms in total. The number of sulfonamides is 1. The zero-order chi connectivity index (χ0) is 21.0. The van der Waals surface area contributed by atoms with Crippen molar-refractivity contribution < 1.29 is 8.42 Å². The maximum atomic E-state index is 12.9. The molecule has 0 amide bonds. The molecule has 30 heavy (non-hydrogen) atoms. The lowest BCUT2D eigenvalue weighted by molar-refractivity contribution is 0.181. The minimum atomic E-state index is -3.53. The van der Waals surface area contributed by atoms with Crippen LogP contribution in [0, 0.1) is 11.3 Å². The van der Waals surface area contributed by atoms with E-state index in [4.69, 9.17) is 5.26 Å². The number of rotatable bonds is 5. The fourth-order valence-electron chi connectivity index (χ4n) is 3.63. The topological polar surface area (TPSA) is 77.3 Å². The monoisotopic (exact) mass is 418 g/mol. The third-order valence-electron chi connectivity index (χ3n) is 5.30. The van der Waals surface area contributed by atoms with E-state index < -0.39 is 10.0 Å². The predicted molar refractivity (Wildman–Crippen MR) is 115 cm³/mol. The summed E-state index contributed by atoms with van der Waals surface area (Å²) < 4.78 is 27.3. The third-order valence-corrected chi connectivity index (χ3v) is 7.21. The van der Waals surface area contributed by atoms with Gasteiger partial charge >= 0.3 is 0 Å². The second-order valence-electron chi connectivity index (χ2n) is 7.25. The average molecular weight is 419 g/mol. The molecule has 3 aromatic rings. The number of nitriles is 1. The summed E-state index contributed by atoms with van der Waals surface area (Å²) in [6.45, 7) is 3.03. The fourth-order valence-corrected chi connectivity index (χ4v) is 5.05. The molecule has 0 N–H and O–H groups in total. The molecule has 1 aromatic heterocycles. The molecule has 0 bridgehead atoms. The fraction of sp³-hybridized carbons (Fsp3) is 0.217. The van der Waals surface area contributed by atoms with E-state index in [9.17, 15) is 8.42 Å². The Labute approximate surface area is 177 Å². The van der Waals surface area contributed by atoms with Gasteiger partial charge in [0.25, 0.3) is 0 Å². The molecule has 152 valence electrons. The van der Waals surface area contributed by atoms with E-state index in [1.54, 1.807) is 24.5 Å². The SMILES string of the molecule is N#Cc1ccc(S(=O)(=O)N2CCN(Cc3cccc(-c4ccncc4)c3)CC2)cc1. The van der Waals surface area contributed by atoms with Gasteiger partial charge in [0.1, 0.15) is 0 Å². The van der Waals surface area contributed by atoms with E-state index >= 15 is 0 Å². The quantitative estimate of drug-likeness (QED) is 0.636. The van der Waals surface area contributed by atoms with Crippen LogP contribution in [0.1, 0.15) is 11.1 Å². The van der Waals surface area contributed by atoms with E-state index in [1.165, 1.54) is 22.0 Å². The first-order valence-electron chi connectivity index (χ1n) is 9.78. The van der Waals surface area contributed by atoms with E-state index in [-0.39, 0.29) is 4.90 Å². The molecule has 1 aliphatic heterocycles. The number of aromatic nitrogens is 1. The Morgan fingerprint density at radius 3 is 2.27 bits per heavy atom. The first kappa shape index (κ1) is 20.2. The molecule has 2 heterocycles. The lowest BCUT2D eigenvalue weighted by Gasteiger charge is -2.34. The smallest absolute Gasteiger partial charge is 0.243 e. The van der Waals surface area contributed by atoms with Crippen molar-refractivity contribution >= 4 is 10.0 Å². The number of piperazine rings is 1. The lowest BCUT2D eigenvalue weighted by Crippen LogP contribution is -2.48. The van der Waals surface area contributed by atoms with Crippen LogP contribution < -0.4 is 0 Å². The van der Waals surface area contributed by atoms with E-state index in [1.807, 2.05) is 18.2 Å². The Hall–Kier alpha value is -3.05. The van der Waals surface area contributed by atoms with Gasteiger partial charge in [0.05, 0.1) is 16.5 Å². The van der Waals surface area contributed by atoms with Crippen molar-refractivity contribution in [1.29, 1.82) is 5.26 Å². The Morgan fingerprint density at radius 2 is 1.60 bits per heavy atom. The van der Waals surface area contributed by atoms with Crippen molar-refractivity contribution in [3.8, 4) is 17.2 Å². The minimum absolute atomic E-state index is 0.236. The summed E-state index contributed by atoms with van der Waals surface area (Å²) in [5.74, 6) is 0. The Morgan fingerprint density at radius 1 is 0.900 bits per heavy atom. The highest BCUT2D eigenvalue weighted by Crippen LogP contribution is 2.22. The van der Waals surface area contributed by atoms with Crippen LogP contribution in [0.15, 0.2) is 78.0 Å². The summed E-state index contributed by atoms with van der Waals surface area (Å²) in [6.07, 6.45) is 3.57. The summed E-state index contributed by atoms with van der Waals surface area (Å²) >= 11 is 0. The number of hydrogen-bond donors (Lipinski definition) is 0. The Balaban J connectivity index is 1.40. The van der Waals surface area contributed by atoms with Crippen molar-refractivity contribution in [2.45, 2.75) is 11.4 Å². The maximum Gasteiger partial charge on any atom is 0.243 e. The van der Waals surface area contributed by atoms with Crippen molar-refractivity contribution in [2.24, 2.45) is 0 Å². The van der Waals surface area contributed by atoms with Crippen molar-refractivity contribution in [1.82, 2.24) is 14.2 Å². The van der Waals surface area contributed by atoms with Crippen molar-refractivity contribution in [3.05, 3.63) is 84.2 Å². The zero-order valence-corrected chi connectivity index (χ0v) is 17.3. The molecular weight excluding hydrogens is 396 g/mol. The molecule has 0 unspecified atom stereocenters. The number of hydrogen-bond acceptors (Lipinski definition) is 5. The number of benzene rings is 2. The molecule has 4 rings (SSSR count). The summed E-state index contributed by atoms with van der Waals surface area (Å²) in [5, 5.41) is 8.89. The van der Waals surface area contributed by atoms with Crippen LogP contribution in [-0.4, -0.2) is 48.8 Å². The molecule has 1 aliphatic rings. The average Bonchev–Trinajstić information content (AvgIpc) is 2.80. The van der Waals surface area contributed by atoms with Crippen LogP contribution >= 0.6 is 0 Å². The summed E-state index contributed by atoms with van der Waals surface area (Å²) in [5.41, 5.74) is 3.93. The molecule has 1 saturated heterocycles. The molecule has 0 spiro atoms. The summed E-state index contributed by atoms with van der Waals surface area (Å²) in [6, 6.07) is 20.5. The second kappa shape index (κ2) is 8.76. The maximum absolute atomic E-state index is 12.9. The van der Waals surface area contributed by atoms with E-state index in [2.05, 4.69) is 34.1 Å². The van der Waals surface area contributed by atoms with Crippen LogP contribution in [0.3, 0.4) is 0 Å². The molecular formula is C23H22N4O2S. The molecule has 2 aromatic carbocycles. The minimum Gasteiger partial charge on any atom is -0.296 e. The number of nitrogens with zero attached hydrogens (tertiary/aromatic N) is 4. The van der Waals surface area contributed by atoms with Crippen molar-refractivity contribution in [2.75, 3.05) is 26.2 Å². The second-order valence-corrected chi connectivity index (χ2v) is 9.19. The molecule has 0 atom stereocenters. The highest BCUT2D eigenvalue weighted by atomic mass is 32.2. The van der Waals surface area contributed by atoms with Gasteiger partial charge in [-0.25, -0.2) is 8.42 Å². The van der Waals surface area contributed by atoms with Crippen molar-refractivity contribution in [3.63, 3.8) is 0 Å². The van der Waals surface area contributed by atoms with Gasteiger partial charge in [-0.2, -0.15) is 9.57 Å². The Kier molecular flexibility index (Phi) is 5.91. The van der Waals surface area contributed by atoms with Crippen LogP contribution in [0.2, 0.25) is 0 Å². The van der Waals surface area contributed by atoms with Crippen LogP contribution in [0.4, 0.5) is 0 Å². The van der Waals surface area contributed by atoms with Gasteiger partial charge in [-0.3, -0.25) is 9.88 Å². The Bertz CT molecular complexity index is 1150. The molecule has 7 heteroatoms. The van der Waals surface area contributed by atoms with Gasteiger partial charge in [0.15, 0.2) is 0 Å². The standard InChI is InChI=1S/C23H22N4O2S/c24-17-19-4-6-23(7-5-19)30(28,29)27-14-12-26(13-15-27)18-20-2-1-3-22(16-20)21-8-10-25-11-9-21/h1-11,16H,12-15,18H2. The lowest BCUT2D eigenvalue weighted by atomic mass is 10.0. The predicted octanol–water partition coefficient (Wildman–Crippen LogP) is 3.13. The first-order valence-corrected chi connectivity index (χ1v) is 11.2. The van der Waals surface area contributed by atoms with Crippen LogP contribution in [0.25, 0.3) is 11.1 Å². The van der Waals surface area contributed by atoms with Crippen LogP contribution in [0.5, 0.6) is 0 Å². The van der Waals surface area contributed by atoms with Gasteiger partial charge in [-0.15, -0.1) is 0 Å². The zero-order valence-electron chi connectivity index (χ0n) is 16.5. The van der Waals surface area contributed by atoms with Gasteiger partial charge in [-0.1, -0.05) is 18.2 Å². The molecule has 0 radical (unpaired) electrons. The van der Waals surface area contributed by atoms with Crippen LogP contribution in [-0.2, 0) is 16.6 Å². The number of pyridine rings is 1. The molecule has 1 fully saturated rings. The highest BCUT2D eigenvalue weighted by molar-refractivity contribution is 7.89. The van der Waals surface area contributed by atoms with Gasteiger partial charge in [-0.05, 0) is 59.2 Å². The molecule has 0 saturated carbocycles. The van der Waals surface area contributed by atoms with Gasteiger partial charge in [0.2, 0.25) is 10.0 Å². The third kappa shape index (κ3) is 4.41. The van der Waals surface area contributed by atoms with E-state index in [0.717, 1.165) is 17.7 Å². The first-order chi connectivity index (χ1) is 14.6.